The maximum atomic E-state index is 11.3. The zero-order chi connectivity index (χ0) is 11.0. The highest BCUT2D eigenvalue weighted by molar-refractivity contribution is 5.78. The number of carbonyl (C=O) groups excluding carboxylic acids is 1. The van der Waals surface area contributed by atoms with E-state index in [1.165, 1.54) is 12.8 Å². The van der Waals surface area contributed by atoms with Crippen molar-refractivity contribution in [3.8, 4) is 0 Å². The van der Waals surface area contributed by atoms with E-state index in [0.717, 1.165) is 13.0 Å². The zero-order valence-electron chi connectivity index (χ0n) is 9.94. The van der Waals surface area contributed by atoms with Crippen LogP contribution >= 0.6 is 0 Å². The number of unbranched alkanes of at least 4 members (excludes halogenated alkanes) is 2. The predicted molar refractivity (Wildman–Crippen MR) is 60.3 cm³/mol. The molecule has 0 rings (SSSR count). The number of hydrogen-bond donors (Lipinski definition) is 2. The fraction of sp³-hybridized carbons (Fsp3) is 0.909. The van der Waals surface area contributed by atoms with Gasteiger partial charge >= 0.3 is 0 Å². The highest BCUT2D eigenvalue weighted by Gasteiger charge is 2.12. The quantitative estimate of drug-likeness (QED) is 0.641. The molecule has 0 aromatic carbocycles. The van der Waals surface area contributed by atoms with E-state index < -0.39 is 0 Å². The summed E-state index contributed by atoms with van der Waals surface area (Å²) in [5.74, 6) is 0.0778. The van der Waals surface area contributed by atoms with Crippen molar-refractivity contribution in [1.29, 1.82) is 0 Å². The summed E-state index contributed by atoms with van der Waals surface area (Å²) in [5, 5.41) is 6.04. The maximum absolute atomic E-state index is 11.3. The molecule has 0 aliphatic carbocycles. The Morgan fingerprint density at radius 2 is 1.86 bits per heavy atom. The second-order valence-electron chi connectivity index (χ2n) is 4.68. The smallest absolute Gasteiger partial charge is 0.234 e. The van der Waals surface area contributed by atoms with Crippen LogP contribution in [-0.4, -0.2) is 24.5 Å². The molecular weight excluding hydrogens is 176 g/mol. The van der Waals surface area contributed by atoms with E-state index in [9.17, 15) is 4.79 Å². The van der Waals surface area contributed by atoms with Gasteiger partial charge < -0.3 is 10.6 Å². The van der Waals surface area contributed by atoms with E-state index >= 15 is 0 Å². The average Bonchev–Trinajstić information content (AvgIpc) is 2.00. The third-order valence-electron chi connectivity index (χ3n) is 1.76. The first-order valence-corrected chi connectivity index (χ1v) is 5.47. The van der Waals surface area contributed by atoms with Crippen molar-refractivity contribution in [1.82, 2.24) is 10.6 Å². The summed E-state index contributed by atoms with van der Waals surface area (Å²) < 4.78 is 0. The van der Waals surface area contributed by atoms with Crippen molar-refractivity contribution >= 4 is 5.91 Å². The van der Waals surface area contributed by atoms with Crippen LogP contribution in [0.15, 0.2) is 0 Å². The van der Waals surface area contributed by atoms with E-state index in [0.29, 0.717) is 6.54 Å². The molecule has 1 amide bonds. The summed E-state index contributed by atoms with van der Waals surface area (Å²) in [7, 11) is 0. The zero-order valence-corrected chi connectivity index (χ0v) is 9.94. The second kappa shape index (κ2) is 6.82. The lowest BCUT2D eigenvalue weighted by Crippen LogP contribution is -2.44. The lowest BCUT2D eigenvalue weighted by molar-refractivity contribution is -0.121. The Morgan fingerprint density at radius 3 is 2.36 bits per heavy atom. The Labute approximate surface area is 87.6 Å². The highest BCUT2D eigenvalue weighted by Crippen LogP contribution is 1.97. The molecule has 3 nitrogen and oxygen atoms in total. The molecule has 0 radical (unpaired) electrons. The average molecular weight is 200 g/mol. The van der Waals surface area contributed by atoms with E-state index in [4.69, 9.17) is 0 Å². The van der Waals surface area contributed by atoms with Gasteiger partial charge in [-0.25, -0.2) is 0 Å². The topological polar surface area (TPSA) is 41.1 Å². The van der Waals surface area contributed by atoms with Gasteiger partial charge in [-0.15, -0.1) is 0 Å². The van der Waals surface area contributed by atoms with Gasteiger partial charge in [0.05, 0.1) is 6.54 Å². The van der Waals surface area contributed by atoms with Crippen LogP contribution in [0.5, 0.6) is 0 Å². The molecule has 14 heavy (non-hydrogen) atoms. The molecule has 0 aromatic heterocycles. The first kappa shape index (κ1) is 13.4. The summed E-state index contributed by atoms with van der Waals surface area (Å²) in [6, 6.07) is 0. The van der Waals surface area contributed by atoms with Gasteiger partial charge in [-0.3, -0.25) is 4.79 Å². The van der Waals surface area contributed by atoms with Crippen LogP contribution in [0.4, 0.5) is 0 Å². The first-order valence-electron chi connectivity index (χ1n) is 5.47. The van der Waals surface area contributed by atoms with Crippen LogP contribution in [0.2, 0.25) is 0 Å². The van der Waals surface area contributed by atoms with Crippen molar-refractivity contribution in [3.63, 3.8) is 0 Å². The minimum Gasteiger partial charge on any atom is -0.350 e. The molecule has 0 atom stereocenters. The molecule has 0 aromatic rings. The molecule has 0 aliphatic rings. The monoisotopic (exact) mass is 200 g/mol. The van der Waals surface area contributed by atoms with Crippen LogP contribution in [0.25, 0.3) is 0 Å². The lowest BCUT2D eigenvalue weighted by atomic mass is 10.1. The molecule has 0 heterocycles. The molecule has 0 spiro atoms. The number of rotatable bonds is 6. The van der Waals surface area contributed by atoms with Crippen LogP contribution in [0.1, 0.15) is 47.0 Å². The van der Waals surface area contributed by atoms with Crippen molar-refractivity contribution in [3.05, 3.63) is 0 Å². The summed E-state index contributed by atoms with van der Waals surface area (Å²) in [5.41, 5.74) is -0.123. The van der Waals surface area contributed by atoms with E-state index in [1.54, 1.807) is 0 Å². The third kappa shape index (κ3) is 9.52. The van der Waals surface area contributed by atoms with Crippen molar-refractivity contribution in [2.24, 2.45) is 0 Å². The number of carbonyl (C=O) groups is 1. The predicted octanol–water partition coefficient (Wildman–Crippen LogP) is 1.68. The van der Waals surface area contributed by atoms with Crippen molar-refractivity contribution in [2.75, 3.05) is 13.1 Å². The van der Waals surface area contributed by atoms with Crippen molar-refractivity contribution < 1.29 is 4.79 Å². The van der Waals surface area contributed by atoms with Gasteiger partial charge in [-0.05, 0) is 33.7 Å². The lowest BCUT2D eigenvalue weighted by Gasteiger charge is -2.20. The SMILES string of the molecule is CCCCCNCC(=O)NC(C)(C)C. The molecule has 0 saturated heterocycles. The second-order valence-corrected chi connectivity index (χ2v) is 4.68. The molecule has 0 saturated carbocycles. The van der Waals surface area contributed by atoms with Crippen LogP contribution in [0, 0.1) is 0 Å². The van der Waals surface area contributed by atoms with Gasteiger partial charge in [0.25, 0.3) is 0 Å². The van der Waals surface area contributed by atoms with Crippen molar-refractivity contribution in [2.45, 2.75) is 52.5 Å². The van der Waals surface area contributed by atoms with Crippen LogP contribution in [-0.2, 0) is 4.79 Å². The van der Waals surface area contributed by atoms with Gasteiger partial charge in [0, 0.05) is 5.54 Å². The Hall–Kier alpha value is -0.570. The largest absolute Gasteiger partial charge is 0.350 e. The maximum Gasteiger partial charge on any atom is 0.234 e. The standard InChI is InChI=1S/C11H24N2O/c1-5-6-7-8-12-9-10(14)13-11(2,3)4/h12H,5-9H2,1-4H3,(H,13,14). The molecule has 2 N–H and O–H groups in total. The van der Waals surface area contributed by atoms with Gasteiger partial charge in [0.2, 0.25) is 5.91 Å². The van der Waals surface area contributed by atoms with Gasteiger partial charge in [0.15, 0.2) is 0 Å². The molecule has 84 valence electrons. The van der Waals surface area contributed by atoms with E-state index in [1.807, 2.05) is 20.8 Å². The Kier molecular flexibility index (Phi) is 6.54. The van der Waals surface area contributed by atoms with E-state index in [2.05, 4.69) is 17.6 Å². The highest BCUT2D eigenvalue weighted by atomic mass is 16.2. The van der Waals surface area contributed by atoms with Gasteiger partial charge in [-0.2, -0.15) is 0 Å². The molecule has 0 aliphatic heterocycles. The minimum absolute atomic E-state index is 0.0778. The molecular formula is C11H24N2O. The molecule has 3 heteroatoms. The normalized spacial score (nSPS) is 11.4. The van der Waals surface area contributed by atoms with E-state index in [-0.39, 0.29) is 11.4 Å². The molecule has 0 fully saturated rings. The summed E-state index contributed by atoms with van der Waals surface area (Å²) in [6.45, 7) is 9.50. The first-order chi connectivity index (χ1) is 6.45. The summed E-state index contributed by atoms with van der Waals surface area (Å²) in [4.78, 5) is 11.3. The number of hydrogen-bond acceptors (Lipinski definition) is 2. The van der Waals surface area contributed by atoms with Gasteiger partial charge in [0.1, 0.15) is 0 Å². The fourth-order valence-electron chi connectivity index (χ4n) is 1.16. The minimum atomic E-state index is -0.123. The van der Waals surface area contributed by atoms with Crippen LogP contribution in [0.3, 0.4) is 0 Å². The fourth-order valence-corrected chi connectivity index (χ4v) is 1.16. The number of amides is 1. The van der Waals surface area contributed by atoms with Crippen LogP contribution < -0.4 is 10.6 Å². The number of nitrogens with one attached hydrogen (secondary N) is 2. The molecule has 0 bridgehead atoms. The summed E-state index contributed by atoms with van der Waals surface area (Å²) in [6.07, 6.45) is 3.60. The Balaban J connectivity index is 3.36. The Bertz CT molecular complexity index is 161. The summed E-state index contributed by atoms with van der Waals surface area (Å²) >= 11 is 0. The Morgan fingerprint density at radius 1 is 1.21 bits per heavy atom. The molecule has 0 unspecified atom stereocenters. The third-order valence-corrected chi connectivity index (χ3v) is 1.76. The van der Waals surface area contributed by atoms with Gasteiger partial charge in [-0.1, -0.05) is 19.8 Å².